The lowest BCUT2D eigenvalue weighted by atomic mass is 9.90. The Bertz CT molecular complexity index is 759. The molecule has 0 N–H and O–H groups in total. The summed E-state index contributed by atoms with van der Waals surface area (Å²) in [5.74, 6) is 2.12. The van der Waals surface area contributed by atoms with Crippen molar-refractivity contribution in [2.45, 2.75) is 44.6 Å². The summed E-state index contributed by atoms with van der Waals surface area (Å²) < 4.78 is 2.23. The van der Waals surface area contributed by atoms with Gasteiger partial charge < -0.3 is 9.47 Å². The normalized spacial score (nSPS) is 21.1. The van der Waals surface area contributed by atoms with Gasteiger partial charge in [-0.1, -0.05) is 18.2 Å². The molecule has 5 heteroatoms. The number of hydrogen-bond acceptors (Lipinski definition) is 3. The Morgan fingerprint density at radius 2 is 2.04 bits per heavy atom. The van der Waals surface area contributed by atoms with Crippen LogP contribution in [-0.4, -0.2) is 38.4 Å². The van der Waals surface area contributed by atoms with Crippen LogP contribution in [0.1, 0.15) is 49.4 Å². The Morgan fingerprint density at radius 3 is 2.77 bits per heavy atom. The smallest absolute Gasteiger partial charge is 0.226 e. The van der Waals surface area contributed by atoms with E-state index in [1.165, 1.54) is 5.56 Å². The minimum absolute atomic E-state index is 0.198. The number of allylic oxidation sites excluding steroid dienone is 2. The second-order valence-corrected chi connectivity index (χ2v) is 7.36. The SMILES string of the molecule is O=C([C@@H]1CC=CCC1)N1CCC(c2nccn2Cc2cccnc2)CC1. The second-order valence-electron chi connectivity index (χ2n) is 7.36. The molecule has 0 unspecified atom stereocenters. The summed E-state index contributed by atoms with van der Waals surface area (Å²) in [6.45, 7) is 2.50. The molecule has 0 aromatic carbocycles. The molecule has 5 nitrogen and oxygen atoms in total. The number of imidazole rings is 1. The van der Waals surface area contributed by atoms with Crippen molar-refractivity contribution in [3.8, 4) is 0 Å². The summed E-state index contributed by atoms with van der Waals surface area (Å²) >= 11 is 0. The van der Waals surface area contributed by atoms with E-state index in [9.17, 15) is 4.79 Å². The molecule has 1 atom stereocenters. The molecule has 2 aliphatic rings. The Kier molecular flexibility index (Phi) is 5.14. The van der Waals surface area contributed by atoms with Crippen molar-refractivity contribution < 1.29 is 4.79 Å². The van der Waals surface area contributed by atoms with Crippen LogP contribution in [0.5, 0.6) is 0 Å². The first-order valence-electron chi connectivity index (χ1n) is 9.65. The zero-order valence-electron chi connectivity index (χ0n) is 15.1. The first-order chi connectivity index (χ1) is 12.8. The standard InChI is InChI=1S/C21H26N4O/c26-21(19-6-2-1-3-7-19)24-12-8-18(9-13-24)20-23-11-14-25(20)16-17-5-4-10-22-15-17/h1-2,4-5,10-11,14-15,18-19H,3,6-9,12-13,16H2/t19-/m1/s1. The quantitative estimate of drug-likeness (QED) is 0.794. The van der Waals surface area contributed by atoms with E-state index in [2.05, 4.69) is 37.7 Å². The number of hydrogen-bond donors (Lipinski definition) is 0. The van der Waals surface area contributed by atoms with Crippen LogP contribution in [0.15, 0.2) is 49.1 Å². The predicted molar refractivity (Wildman–Crippen MR) is 101 cm³/mol. The minimum Gasteiger partial charge on any atom is -0.342 e. The highest BCUT2D eigenvalue weighted by molar-refractivity contribution is 5.79. The van der Waals surface area contributed by atoms with Gasteiger partial charge in [0.1, 0.15) is 5.82 Å². The van der Waals surface area contributed by atoms with Crippen molar-refractivity contribution in [2.75, 3.05) is 13.1 Å². The van der Waals surface area contributed by atoms with Gasteiger partial charge in [-0.3, -0.25) is 9.78 Å². The average Bonchev–Trinajstić information content (AvgIpc) is 3.17. The van der Waals surface area contributed by atoms with Gasteiger partial charge in [0.2, 0.25) is 5.91 Å². The molecule has 2 aromatic rings. The van der Waals surface area contributed by atoms with Crippen LogP contribution in [0, 0.1) is 5.92 Å². The van der Waals surface area contributed by atoms with Gasteiger partial charge in [0.15, 0.2) is 0 Å². The maximum absolute atomic E-state index is 12.7. The van der Waals surface area contributed by atoms with Gasteiger partial charge in [-0.15, -0.1) is 0 Å². The minimum atomic E-state index is 0.198. The molecule has 136 valence electrons. The predicted octanol–water partition coefficient (Wildman–Crippen LogP) is 3.39. The van der Waals surface area contributed by atoms with E-state index in [-0.39, 0.29) is 5.92 Å². The lowest BCUT2D eigenvalue weighted by Crippen LogP contribution is -2.41. The summed E-state index contributed by atoms with van der Waals surface area (Å²) in [6, 6.07) is 4.06. The third-order valence-electron chi connectivity index (χ3n) is 5.61. The molecule has 0 radical (unpaired) electrons. The number of aromatic nitrogens is 3. The van der Waals surface area contributed by atoms with Gasteiger partial charge in [0, 0.05) is 49.7 Å². The van der Waals surface area contributed by atoms with Gasteiger partial charge >= 0.3 is 0 Å². The fourth-order valence-corrected chi connectivity index (χ4v) is 4.14. The number of likely N-dealkylation sites (tertiary alicyclic amines) is 1. The average molecular weight is 350 g/mol. The van der Waals surface area contributed by atoms with Crippen LogP contribution < -0.4 is 0 Å². The summed E-state index contributed by atoms with van der Waals surface area (Å²) in [7, 11) is 0. The molecule has 1 aliphatic carbocycles. The second kappa shape index (κ2) is 7.85. The Morgan fingerprint density at radius 1 is 1.15 bits per heavy atom. The monoisotopic (exact) mass is 350 g/mol. The number of amides is 1. The molecule has 0 spiro atoms. The number of piperidine rings is 1. The summed E-state index contributed by atoms with van der Waals surface area (Å²) in [5, 5.41) is 0. The molecule has 0 saturated carbocycles. The van der Waals surface area contributed by atoms with Crippen LogP contribution in [0.2, 0.25) is 0 Å². The van der Waals surface area contributed by atoms with Gasteiger partial charge in [-0.05, 0) is 43.7 Å². The molecule has 1 aliphatic heterocycles. The summed E-state index contributed by atoms with van der Waals surface area (Å²) in [5.41, 5.74) is 1.18. The third kappa shape index (κ3) is 3.71. The molecule has 4 rings (SSSR count). The highest BCUT2D eigenvalue weighted by atomic mass is 16.2. The molecule has 1 saturated heterocycles. The van der Waals surface area contributed by atoms with Gasteiger partial charge in [-0.25, -0.2) is 4.98 Å². The zero-order chi connectivity index (χ0) is 17.8. The van der Waals surface area contributed by atoms with Gasteiger partial charge in [0.25, 0.3) is 0 Å². The van der Waals surface area contributed by atoms with E-state index < -0.39 is 0 Å². The van der Waals surface area contributed by atoms with Crippen LogP contribution in [0.4, 0.5) is 0 Å². The molecule has 1 fully saturated rings. The largest absolute Gasteiger partial charge is 0.342 e. The fourth-order valence-electron chi connectivity index (χ4n) is 4.14. The Labute approximate surface area is 154 Å². The first-order valence-corrected chi connectivity index (χ1v) is 9.65. The molecule has 0 bridgehead atoms. The van der Waals surface area contributed by atoms with E-state index in [4.69, 9.17) is 0 Å². The van der Waals surface area contributed by atoms with Crippen molar-refractivity contribution in [2.24, 2.45) is 5.92 Å². The van der Waals surface area contributed by atoms with Crippen molar-refractivity contribution >= 4 is 5.91 Å². The van der Waals surface area contributed by atoms with Gasteiger partial charge in [0.05, 0.1) is 6.54 Å². The first kappa shape index (κ1) is 17.0. The van der Waals surface area contributed by atoms with E-state index in [0.717, 1.165) is 57.6 Å². The van der Waals surface area contributed by atoms with Crippen molar-refractivity contribution in [3.05, 3.63) is 60.5 Å². The Balaban J connectivity index is 1.37. The molecule has 1 amide bonds. The van der Waals surface area contributed by atoms with Crippen molar-refractivity contribution in [3.63, 3.8) is 0 Å². The number of rotatable bonds is 4. The maximum Gasteiger partial charge on any atom is 0.226 e. The van der Waals surface area contributed by atoms with Crippen molar-refractivity contribution in [1.82, 2.24) is 19.4 Å². The van der Waals surface area contributed by atoms with E-state index in [0.29, 0.717) is 11.8 Å². The van der Waals surface area contributed by atoms with Gasteiger partial charge in [-0.2, -0.15) is 0 Å². The van der Waals surface area contributed by atoms with E-state index in [1.54, 1.807) is 6.20 Å². The molecule has 26 heavy (non-hydrogen) atoms. The fraction of sp³-hybridized carbons (Fsp3) is 0.476. The van der Waals surface area contributed by atoms with E-state index >= 15 is 0 Å². The molecule has 2 aromatic heterocycles. The van der Waals surface area contributed by atoms with Crippen LogP contribution in [-0.2, 0) is 11.3 Å². The van der Waals surface area contributed by atoms with Crippen LogP contribution >= 0.6 is 0 Å². The van der Waals surface area contributed by atoms with Crippen molar-refractivity contribution in [1.29, 1.82) is 0 Å². The number of carbonyl (C=O) groups excluding carboxylic acids is 1. The number of pyridine rings is 1. The van der Waals surface area contributed by atoms with E-state index in [1.807, 2.05) is 24.7 Å². The maximum atomic E-state index is 12.7. The lowest BCUT2D eigenvalue weighted by Gasteiger charge is -2.34. The zero-order valence-corrected chi connectivity index (χ0v) is 15.1. The molecular formula is C21H26N4O. The highest BCUT2D eigenvalue weighted by Crippen LogP contribution is 2.29. The topological polar surface area (TPSA) is 51.0 Å². The number of carbonyl (C=O) groups is 1. The summed E-state index contributed by atoms with van der Waals surface area (Å²) in [4.78, 5) is 23.6. The number of nitrogens with zero attached hydrogens (tertiary/aromatic N) is 4. The summed E-state index contributed by atoms with van der Waals surface area (Å²) in [6.07, 6.45) is 16.9. The molecule has 3 heterocycles. The highest BCUT2D eigenvalue weighted by Gasteiger charge is 2.30. The Hall–Kier alpha value is -2.43. The van der Waals surface area contributed by atoms with Crippen LogP contribution in [0.3, 0.4) is 0 Å². The lowest BCUT2D eigenvalue weighted by molar-refractivity contribution is -0.136. The third-order valence-corrected chi connectivity index (χ3v) is 5.61. The molecular weight excluding hydrogens is 324 g/mol. The van der Waals surface area contributed by atoms with Crippen LogP contribution in [0.25, 0.3) is 0 Å².